The number of para-hydroxylation sites is 1. The number of anilines is 1. The van der Waals surface area contributed by atoms with Gasteiger partial charge in [0, 0.05) is 16.6 Å². The van der Waals surface area contributed by atoms with Gasteiger partial charge in [-0.3, -0.25) is 9.36 Å². The van der Waals surface area contributed by atoms with Crippen molar-refractivity contribution < 1.29 is 4.74 Å². The molecule has 4 rings (SSSR count). The topological polar surface area (TPSA) is 56.1 Å². The number of halogens is 2. The zero-order valence-electron chi connectivity index (χ0n) is 17.4. The number of rotatable bonds is 5. The summed E-state index contributed by atoms with van der Waals surface area (Å²) < 4.78 is 7.77. The van der Waals surface area contributed by atoms with E-state index in [9.17, 15) is 4.79 Å². The number of aryl methyl sites for hydroxylation is 1. The summed E-state index contributed by atoms with van der Waals surface area (Å²) in [5, 5.41) is 4.37. The number of fused-ring (bicyclic) bond motifs is 1. The molecule has 0 amide bonds. The number of benzene rings is 3. The molecule has 0 fully saturated rings. The first kappa shape index (κ1) is 22.5. The number of hydrogen-bond acceptors (Lipinski definition) is 4. The fourth-order valence-corrected chi connectivity index (χ4v) is 4.31. The minimum atomic E-state index is -0.143. The van der Waals surface area contributed by atoms with Gasteiger partial charge in [-0.05, 0) is 70.9 Å². The molecule has 0 aliphatic carbocycles. The van der Waals surface area contributed by atoms with Crippen LogP contribution in [0.25, 0.3) is 16.6 Å². The van der Waals surface area contributed by atoms with Crippen LogP contribution in [0, 0.1) is 6.92 Å². The van der Waals surface area contributed by atoms with Crippen LogP contribution < -0.4 is 15.6 Å². The predicted molar refractivity (Wildman–Crippen MR) is 138 cm³/mol. The van der Waals surface area contributed by atoms with Gasteiger partial charge in [-0.2, -0.15) is 0 Å². The molecule has 1 N–H and O–H groups in total. The maximum Gasteiger partial charge on any atom is 0.266 e. The van der Waals surface area contributed by atoms with E-state index in [1.807, 2.05) is 43.3 Å². The monoisotopic (exact) mass is 527 g/mol. The van der Waals surface area contributed by atoms with E-state index in [2.05, 4.69) is 26.2 Å². The molecule has 0 saturated carbocycles. The number of ether oxygens (including phenoxy) is 1. The first-order valence-electron chi connectivity index (χ1n) is 9.78. The van der Waals surface area contributed by atoms with Gasteiger partial charge in [0.25, 0.3) is 5.56 Å². The van der Waals surface area contributed by atoms with E-state index in [-0.39, 0.29) is 5.56 Å². The van der Waals surface area contributed by atoms with Crippen molar-refractivity contribution in [3.05, 3.63) is 91.9 Å². The summed E-state index contributed by atoms with van der Waals surface area (Å²) in [5.41, 5.74) is 2.98. The Kier molecular flexibility index (Phi) is 6.60. The molecular formula is C24H19BrClN3O2S. The van der Waals surface area contributed by atoms with E-state index >= 15 is 0 Å². The van der Waals surface area contributed by atoms with E-state index in [1.54, 1.807) is 35.9 Å². The largest absolute Gasteiger partial charge is 0.494 e. The van der Waals surface area contributed by atoms with Crippen LogP contribution in [0.3, 0.4) is 0 Å². The van der Waals surface area contributed by atoms with Crippen molar-refractivity contribution in [2.24, 2.45) is 0 Å². The van der Waals surface area contributed by atoms with Crippen molar-refractivity contribution in [3.63, 3.8) is 0 Å². The Bertz CT molecular complexity index is 1400. The molecule has 162 valence electrons. The van der Waals surface area contributed by atoms with E-state index < -0.39 is 0 Å². The predicted octanol–water partition coefficient (Wildman–Crippen LogP) is 6.10. The van der Waals surface area contributed by atoms with E-state index in [1.165, 1.54) is 0 Å². The molecule has 0 atom stereocenters. The summed E-state index contributed by atoms with van der Waals surface area (Å²) >= 11 is 15.0. The van der Waals surface area contributed by atoms with Gasteiger partial charge in [0.15, 0.2) is 0 Å². The Morgan fingerprint density at radius 3 is 2.72 bits per heavy atom. The van der Waals surface area contributed by atoms with Gasteiger partial charge < -0.3 is 10.1 Å². The maximum absolute atomic E-state index is 13.3. The minimum absolute atomic E-state index is 0.143. The summed E-state index contributed by atoms with van der Waals surface area (Å²) in [6.45, 7) is 1.81. The first-order chi connectivity index (χ1) is 15.4. The van der Waals surface area contributed by atoms with Crippen molar-refractivity contribution in [1.29, 1.82) is 0 Å². The van der Waals surface area contributed by atoms with Gasteiger partial charge in [-0.15, -0.1) is 0 Å². The van der Waals surface area contributed by atoms with E-state index in [4.69, 9.17) is 28.6 Å². The summed E-state index contributed by atoms with van der Waals surface area (Å²) in [4.78, 5) is 18.6. The summed E-state index contributed by atoms with van der Waals surface area (Å²) in [6.07, 6.45) is 0.520. The van der Waals surface area contributed by atoms with Gasteiger partial charge in [0.1, 0.15) is 17.1 Å². The van der Waals surface area contributed by atoms with Crippen molar-refractivity contribution in [2.75, 3.05) is 12.4 Å². The van der Waals surface area contributed by atoms with Crippen LogP contribution in [-0.4, -0.2) is 21.6 Å². The highest BCUT2D eigenvalue weighted by atomic mass is 79.9. The Balaban J connectivity index is 1.64. The summed E-state index contributed by atoms with van der Waals surface area (Å²) in [5.74, 6) is 1.16. The molecule has 0 unspecified atom stereocenters. The Labute approximate surface area is 204 Å². The molecular weight excluding hydrogens is 510 g/mol. The highest BCUT2D eigenvalue weighted by Crippen LogP contribution is 2.26. The average molecular weight is 529 g/mol. The molecule has 0 aliphatic heterocycles. The van der Waals surface area contributed by atoms with Gasteiger partial charge in [0.05, 0.1) is 28.2 Å². The zero-order valence-corrected chi connectivity index (χ0v) is 20.5. The average Bonchev–Trinajstić information content (AvgIpc) is 2.76. The molecule has 8 heteroatoms. The first-order valence-corrected chi connectivity index (χ1v) is 11.4. The molecule has 4 aromatic rings. The van der Waals surface area contributed by atoms with Crippen LogP contribution in [0.4, 0.5) is 5.69 Å². The fraction of sp³-hybridized carbons (Fsp3) is 0.125. The van der Waals surface area contributed by atoms with Crippen LogP contribution >= 0.6 is 39.7 Å². The van der Waals surface area contributed by atoms with Crippen molar-refractivity contribution in [1.82, 2.24) is 9.55 Å². The van der Waals surface area contributed by atoms with Gasteiger partial charge in [-0.1, -0.05) is 42.0 Å². The number of nitrogens with zero attached hydrogens (tertiary/aromatic N) is 2. The molecule has 0 spiro atoms. The summed E-state index contributed by atoms with van der Waals surface area (Å²) in [7, 11) is 1.57. The maximum atomic E-state index is 13.3. The SMILES string of the molecule is COc1cccc2c(=O)n(-c3cccc(CC(=S)Nc4ccc(Cl)c(Br)c4)c3)c(C)nc12. The van der Waals surface area contributed by atoms with E-state index in [0.717, 1.165) is 21.4 Å². The molecule has 32 heavy (non-hydrogen) atoms. The molecule has 0 aliphatic rings. The van der Waals surface area contributed by atoms with Gasteiger partial charge >= 0.3 is 0 Å². The smallest absolute Gasteiger partial charge is 0.266 e. The second-order valence-corrected chi connectivity index (χ2v) is 8.93. The third-order valence-corrected chi connectivity index (χ3v) is 6.45. The molecule has 5 nitrogen and oxygen atoms in total. The second kappa shape index (κ2) is 9.40. The third-order valence-electron chi connectivity index (χ3n) is 4.99. The van der Waals surface area contributed by atoms with E-state index in [0.29, 0.717) is 38.9 Å². The minimum Gasteiger partial charge on any atom is -0.494 e. The lowest BCUT2D eigenvalue weighted by Gasteiger charge is -2.14. The zero-order chi connectivity index (χ0) is 22.8. The van der Waals surface area contributed by atoms with Crippen LogP contribution in [-0.2, 0) is 6.42 Å². The second-order valence-electron chi connectivity index (χ2n) is 7.18. The van der Waals surface area contributed by atoms with Crippen molar-refractivity contribution in [2.45, 2.75) is 13.3 Å². The fourth-order valence-electron chi connectivity index (χ4n) is 3.53. The van der Waals surface area contributed by atoms with Crippen molar-refractivity contribution in [3.8, 4) is 11.4 Å². The Morgan fingerprint density at radius 2 is 1.97 bits per heavy atom. The lowest BCUT2D eigenvalue weighted by Crippen LogP contribution is -2.22. The third kappa shape index (κ3) is 4.55. The number of thiocarbonyl (C=S) groups is 1. The Morgan fingerprint density at radius 1 is 1.19 bits per heavy atom. The lowest BCUT2D eigenvalue weighted by atomic mass is 10.1. The quantitative estimate of drug-likeness (QED) is 0.317. The van der Waals surface area contributed by atoms with Crippen LogP contribution in [0.1, 0.15) is 11.4 Å². The van der Waals surface area contributed by atoms with Crippen LogP contribution in [0.2, 0.25) is 5.02 Å². The molecule has 0 radical (unpaired) electrons. The van der Waals surface area contributed by atoms with Gasteiger partial charge in [0.2, 0.25) is 0 Å². The number of methoxy groups -OCH3 is 1. The Hall–Kier alpha value is -2.74. The normalized spacial score (nSPS) is 10.9. The highest BCUT2D eigenvalue weighted by molar-refractivity contribution is 9.10. The molecule has 0 bridgehead atoms. The highest BCUT2D eigenvalue weighted by Gasteiger charge is 2.13. The van der Waals surface area contributed by atoms with Gasteiger partial charge in [-0.25, -0.2) is 4.98 Å². The molecule has 3 aromatic carbocycles. The van der Waals surface area contributed by atoms with Crippen LogP contribution in [0.5, 0.6) is 5.75 Å². The number of aromatic nitrogens is 2. The molecule has 1 heterocycles. The molecule has 1 aromatic heterocycles. The number of nitrogens with one attached hydrogen (secondary N) is 1. The standard InChI is InChI=1S/C24H19BrClN3O2S/c1-14-27-23-18(7-4-8-21(23)31-2)24(30)29(14)17-6-3-5-15(11-17)12-22(32)28-16-9-10-20(26)19(25)13-16/h3-11,13H,12H2,1-2H3,(H,28,32). The number of hydrogen-bond donors (Lipinski definition) is 1. The molecule has 0 saturated heterocycles. The van der Waals surface area contributed by atoms with Crippen molar-refractivity contribution >= 4 is 61.3 Å². The lowest BCUT2D eigenvalue weighted by molar-refractivity contribution is 0.418. The van der Waals surface area contributed by atoms with Crippen LogP contribution in [0.15, 0.2) is 69.9 Å². The summed E-state index contributed by atoms with van der Waals surface area (Å²) in [6, 6.07) is 18.6.